The third-order valence-electron chi connectivity index (χ3n) is 8.08. The van der Waals surface area contributed by atoms with E-state index in [1.807, 2.05) is 34.6 Å². The van der Waals surface area contributed by atoms with E-state index in [-0.39, 0.29) is 11.5 Å². The fourth-order valence-electron chi connectivity index (χ4n) is 5.69. The predicted molar refractivity (Wildman–Crippen MR) is 157 cm³/mol. The molecule has 0 bridgehead atoms. The highest BCUT2D eigenvalue weighted by Crippen LogP contribution is 2.27. The molecule has 0 saturated carbocycles. The standard InChI is InChI=1S/C29H41FN4O5.C2H6/c1-29(2,3)39-28(36)34-16-21(17-34)33-10-6-20(7-11-33)18-38-22-14-23(30)26-24(15-22)31-25(32-27(26)35)5-4-19-8-12-37-13-9-19;1-2/h14-15,19-21H,4-13,16-18H2,1-3H3,(H,31,32,35);1-2H3. The van der Waals surface area contributed by atoms with Crippen molar-refractivity contribution in [3.05, 3.63) is 34.1 Å². The summed E-state index contributed by atoms with van der Waals surface area (Å²) in [6.07, 6.45) is 5.34. The van der Waals surface area contributed by atoms with E-state index in [2.05, 4.69) is 14.9 Å². The van der Waals surface area contributed by atoms with Crippen molar-refractivity contribution >= 4 is 17.0 Å². The van der Waals surface area contributed by atoms with Crippen molar-refractivity contribution in [2.45, 2.75) is 84.8 Å². The Kier molecular flexibility index (Phi) is 10.6. The van der Waals surface area contributed by atoms with Crippen molar-refractivity contribution in [3.63, 3.8) is 0 Å². The minimum atomic E-state index is -0.610. The number of carbonyl (C=O) groups is 1. The number of hydrogen-bond donors (Lipinski definition) is 1. The molecular formula is C31H47FN4O5. The number of hydrogen-bond acceptors (Lipinski definition) is 7. The van der Waals surface area contributed by atoms with Crippen LogP contribution in [0.15, 0.2) is 16.9 Å². The highest BCUT2D eigenvalue weighted by Gasteiger charge is 2.38. The number of piperidine rings is 1. The van der Waals surface area contributed by atoms with Gasteiger partial charge >= 0.3 is 6.09 Å². The number of aryl methyl sites for hydroxylation is 1. The maximum absolute atomic E-state index is 14.8. The molecule has 0 radical (unpaired) electrons. The van der Waals surface area contributed by atoms with Crippen LogP contribution >= 0.6 is 0 Å². The lowest BCUT2D eigenvalue weighted by Gasteiger charge is -2.47. The molecule has 1 amide bonds. The first-order valence-electron chi connectivity index (χ1n) is 15.3. The fraction of sp³-hybridized carbons (Fsp3) is 0.710. The number of nitrogens with one attached hydrogen (secondary N) is 1. The van der Waals surface area contributed by atoms with E-state index >= 15 is 0 Å². The number of fused-ring (bicyclic) bond motifs is 1. The molecule has 3 aliphatic rings. The van der Waals surface area contributed by atoms with Crippen LogP contribution in [0, 0.1) is 17.7 Å². The van der Waals surface area contributed by atoms with Crippen molar-refractivity contribution in [3.8, 4) is 5.75 Å². The van der Waals surface area contributed by atoms with Gasteiger partial charge in [-0.25, -0.2) is 14.2 Å². The number of carbonyl (C=O) groups excluding carboxylic acids is 1. The number of amides is 1. The Balaban J connectivity index is 0.00000189. The molecule has 9 nitrogen and oxygen atoms in total. The number of ether oxygens (including phenoxy) is 3. The molecule has 10 heteroatoms. The van der Waals surface area contributed by atoms with E-state index in [4.69, 9.17) is 14.2 Å². The highest BCUT2D eigenvalue weighted by atomic mass is 19.1. The molecule has 2 aromatic rings. The lowest BCUT2D eigenvalue weighted by Crippen LogP contribution is -2.62. The molecule has 228 valence electrons. The van der Waals surface area contributed by atoms with Gasteiger partial charge < -0.3 is 24.1 Å². The summed E-state index contributed by atoms with van der Waals surface area (Å²) in [6, 6.07) is 3.34. The molecule has 1 aromatic carbocycles. The minimum Gasteiger partial charge on any atom is -0.493 e. The van der Waals surface area contributed by atoms with Crippen LogP contribution in [0.1, 0.15) is 72.5 Å². The fourth-order valence-corrected chi connectivity index (χ4v) is 5.69. The van der Waals surface area contributed by atoms with E-state index in [9.17, 15) is 14.0 Å². The van der Waals surface area contributed by atoms with Gasteiger partial charge in [0.25, 0.3) is 5.56 Å². The van der Waals surface area contributed by atoms with Gasteiger partial charge in [0.15, 0.2) is 0 Å². The molecule has 5 rings (SSSR count). The van der Waals surface area contributed by atoms with Crippen LogP contribution in [0.5, 0.6) is 5.75 Å². The van der Waals surface area contributed by atoms with E-state index < -0.39 is 17.0 Å². The van der Waals surface area contributed by atoms with E-state index in [1.165, 1.54) is 6.07 Å². The predicted octanol–water partition coefficient (Wildman–Crippen LogP) is 5.16. The van der Waals surface area contributed by atoms with Crippen LogP contribution < -0.4 is 10.3 Å². The van der Waals surface area contributed by atoms with Gasteiger partial charge in [0.2, 0.25) is 0 Å². The quantitative estimate of drug-likeness (QED) is 0.488. The van der Waals surface area contributed by atoms with Gasteiger partial charge in [0.05, 0.1) is 12.1 Å². The Labute approximate surface area is 242 Å². The molecule has 1 aromatic heterocycles. The Bertz CT molecular complexity index is 1210. The smallest absolute Gasteiger partial charge is 0.410 e. The van der Waals surface area contributed by atoms with Crippen molar-refractivity contribution in [1.29, 1.82) is 0 Å². The topological polar surface area (TPSA) is 97.0 Å². The van der Waals surface area contributed by atoms with Gasteiger partial charge in [-0.3, -0.25) is 9.69 Å². The molecule has 0 atom stereocenters. The summed E-state index contributed by atoms with van der Waals surface area (Å²) in [6.45, 7) is 15.0. The number of benzene rings is 1. The van der Waals surface area contributed by atoms with Gasteiger partial charge in [-0.05, 0) is 77.8 Å². The lowest BCUT2D eigenvalue weighted by molar-refractivity contribution is -0.0229. The van der Waals surface area contributed by atoms with Crippen molar-refractivity contribution in [2.75, 3.05) is 46.0 Å². The summed E-state index contributed by atoms with van der Waals surface area (Å²) in [5.74, 6) is 1.31. The molecule has 3 aliphatic heterocycles. The van der Waals surface area contributed by atoms with Crippen LogP contribution in [-0.2, 0) is 15.9 Å². The second kappa shape index (κ2) is 14.0. The summed E-state index contributed by atoms with van der Waals surface area (Å²) in [7, 11) is 0. The molecule has 0 spiro atoms. The van der Waals surface area contributed by atoms with E-state index in [1.54, 1.807) is 11.0 Å². The normalized spacial score (nSPS) is 19.4. The summed E-state index contributed by atoms with van der Waals surface area (Å²) >= 11 is 0. The van der Waals surface area contributed by atoms with Crippen molar-refractivity contribution in [1.82, 2.24) is 19.8 Å². The maximum Gasteiger partial charge on any atom is 0.410 e. The summed E-state index contributed by atoms with van der Waals surface area (Å²) in [4.78, 5) is 36.3. The van der Waals surface area contributed by atoms with E-state index in [0.717, 1.165) is 58.4 Å². The first-order chi connectivity index (χ1) is 19.6. The molecule has 41 heavy (non-hydrogen) atoms. The number of rotatable bonds is 7. The van der Waals surface area contributed by atoms with Crippen molar-refractivity contribution < 1.29 is 23.4 Å². The van der Waals surface area contributed by atoms with Gasteiger partial charge in [-0.15, -0.1) is 0 Å². The number of aromatic nitrogens is 2. The Hall–Kier alpha value is -2.72. The van der Waals surface area contributed by atoms with Crippen LogP contribution in [0.3, 0.4) is 0 Å². The second-order valence-corrected chi connectivity index (χ2v) is 12.2. The number of nitrogens with zero attached hydrogens (tertiary/aromatic N) is 3. The summed E-state index contributed by atoms with van der Waals surface area (Å²) in [5, 5.41) is -0.0219. The first kappa shape index (κ1) is 31.2. The summed E-state index contributed by atoms with van der Waals surface area (Å²) in [5.41, 5.74) is -0.586. The molecule has 0 aliphatic carbocycles. The zero-order valence-corrected chi connectivity index (χ0v) is 25.3. The van der Waals surface area contributed by atoms with E-state index in [0.29, 0.717) is 61.1 Å². The van der Waals surface area contributed by atoms with Crippen LogP contribution in [0.2, 0.25) is 0 Å². The number of likely N-dealkylation sites (tertiary alicyclic amines) is 2. The number of halogens is 1. The monoisotopic (exact) mass is 574 g/mol. The van der Waals surface area contributed by atoms with Gasteiger partial charge in [0, 0.05) is 50.9 Å². The minimum absolute atomic E-state index is 0.0219. The zero-order valence-electron chi connectivity index (χ0n) is 25.3. The Morgan fingerprint density at radius 1 is 1.10 bits per heavy atom. The average Bonchev–Trinajstić information content (AvgIpc) is 2.91. The maximum atomic E-state index is 14.8. The largest absolute Gasteiger partial charge is 0.493 e. The van der Waals surface area contributed by atoms with Gasteiger partial charge in [-0.1, -0.05) is 13.8 Å². The first-order valence-corrected chi connectivity index (χ1v) is 15.3. The molecule has 3 fully saturated rings. The zero-order chi connectivity index (χ0) is 29.6. The highest BCUT2D eigenvalue weighted by molar-refractivity contribution is 5.79. The van der Waals surface area contributed by atoms with Crippen molar-refractivity contribution in [2.24, 2.45) is 11.8 Å². The third kappa shape index (κ3) is 8.41. The number of aromatic amines is 1. The van der Waals surface area contributed by atoms with Crippen LogP contribution in [0.4, 0.5) is 9.18 Å². The Morgan fingerprint density at radius 3 is 2.44 bits per heavy atom. The van der Waals surface area contributed by atoms with Crippen LogP contribution in [-0.4, -0.2) is 83.5 Å². The summed E-state index contributed by atoms with van der Waals surface area (Å²) < 4.78 is 31.7. The molecule has 0 unspecified atom stereocenters. The second-order valence-electron chi connectivity index (χ2n) is 12.2. The third-order valence-corrected chi connectivity index (χ3v) is 8.08. The molecular weight excluding hydrogens is 527 g/mol. The molecule has 1 N–H and O–H groups in total. The average molecular weight is 575 g/mol. The number of H-pyrrole nitrogens is 1. The molecule has 3 saturated heterocycles. The lowest BCUT2D eigenvalue weighted by atomic mass is 9.95. The molecule has 4 heterocycles. The van der Waals surface area contributed by atoms with Gasteiger partial charge in [0.1, 0.15) is 28.4 Å². The van der Waals surface area contributed by atoms with Gasteiger partial charge in [-0.2, -0.15) is 0 Å². The van der Waals surface area contributed by atoms with Crippen LogP contribution in [0.25, 0.3) is 10.9 Å². The Morgan fingerprint density at radius 2 is 1.78 bits per heavy atom. The SMILES string of the molecule is CC.CC(C)(C)OC(=O)N1CC(N2CCC(COc3cc(F)c4c(=O)[nH]c(CCC5CCOCC5)nc4c3)CC2)C1.